The Balaban J connectivity index is 4.11. The summed E-state index contributed by atoms with van der Waals surface area (Å²) in [5.41, 5.74) is 0. The maximum atomic E-state index is 13.3. The Labute approximate surface area is 183 Å². The third-order valence-corrected chi connectivity index (χ3v) is 3.41. The van der Waals surface area contributed by atoms with Crippen LogP contribution in [-0.2, 0) is 33.3 Å². The molecule has 0 bridgehead atoms. The van der Waals surface area contributed by atoms with Gasteiger partial charge in [0, 0.05) is 25.4 Å². The van der Waals surface area contributed by atoms with Gasteiger partial charge >= 0.3 is 36.0 Å². The van der Waals surface area contributed by atoms with Gasteiger partial charge in [0.05, 0.1) is 13.2 Å². The predicted octanol–water partition coefficient (Wildman–Crippen LogP) is 3.73. The smallest absolute Gasteiger partial charge is 0.422 e. The number of hydrogen-bond donors (Lipinski definition) is 0. The summed E-state index contributed by atoms with van der Waals surface area (Å²) in [6, 6.07) is 0. The molecule has 192 valence electrons. The van der Waals surface area contributed by atoms with Crippen molar-refractivity contribution in [3.8, 4) is 0 Å². The number of halogens is 8. The molecule has 33 heavy (non-hydrogen) atoms. The van der Waals surface area contributed by atoms with E-state index in [-0.39, 0.29) is 26.1 Å². The van der Waals surface area contributed by atoms with E-state index < -0.39 is 62.4 Å². The van der Waals surface area contributed by atoms with Crippen molar-refractivity contribution >= 4 is 11.9 Å². The minimum absolute atomic E-state index is 0.318. The van der Waals surface area contributed by atoms with E-state index in [1.165, 1.54) is 0 Å². The van der Waals surface area contributed by atoms with Crippen molar-refractivity contribution in [2.75, 3.05) is 39.6 Å². The first-order valence-electron chi connectivity index (χ1n) is 9.07. The zero-order valence-corrected chi connectivity index (χ0v) is 17.1. The van der Waals surface area contributed by atoms with Crippen LogP contribution in [0.1, 0.15) is 12.8 Å². The number of alkyl halides is 8. The number of rotatable bonds is 18. The highest BCUT2D eigenvalue weighted by Crippen LogP contribution is 2.36. The summed E-state index contributed by atoms with van der Waals surface area (Å²) < 4.78 is 127. The normalized spacial score (nSPS) is 12.8. The first kappa shape index (κ1) is 30.7. The van der Waals surface area contributed by atoms with Crippen molar-refractivity contribution in [2.24, 2.45) is 0 Å². The molecule has 0 unspecified atom stereocenters. The van der Waals surface area contributed by atoms with Crippen molar-refractivity contribution in [3.05, 3.63) is 25.3 Å². The van der Waals surface area contributed by atoms with Gasteiger partial charge in [-0.25, -0.2) is 9.59 Å². The Morgan fingerprint density at radius 1 is 0.636 bits per heavy atom. The number of esters is 2. The van der Waals surface area contributed by atoms with E-state index in [0.29, 0.717) is 12.2 Å². The maximum absolute atomic E-state index is 13.3. The molecule has 0 aromatic carbocycles. The molecule has 0 saturated heterocycles. The Morgan fingerprint density at radius 2 is 0.970 bits per heavy atom. The average molecular weight is 502 g/mol. The van der Waals surface area contributed by atoms with Crippen LogP contribution in [0.2, 0.25) is 0 Å². The van der Waals surface area contributed by atoms with Crippen molar-refractivity contribution in [1.29, 1.82) is 0 Å². The fourth-order valence-corrected chi connectivity index (χ4v) is 1.65. The second-order valence-electron chi connectivity index (χ2n) is 6.08. The van der Waals surface area contributed by atoms with Crippen molar-refractivity contribution in [2.45, 2.75) is 36.9 Å². The molecule has 0 amide bonds. The summed E-state index contributed by atoms with van der Waals surface area (Å²) in [6.07, 6.45) is -9.54. The summed E-state index contributed by atoms with van der Waals surface area (Å²) in [6.45, 7) is -0.512. The van der Waals surface area contributed by atoms with Crippen LogP contribution in [-0.4, -0.2) is 75.6 Å². The zero-order chi connectivity index (χ0) is 25.8. The van der Waals surface area contributed by atoms with Crippen molar-refractivity contribution < 1.29 is 68.4 Å². The average Bonchev–Trinajstić information content (AvgIpc) is 2.74. The van der Waals surface area contributed by atoms with Gasteiger partial charge in [-0.1, -0.05) is 13.2 Å². The lowest BCUT2D eigenvalue weighted by Gasteiger charge is -2.25. The molecule has 7 nitrogen and oxygen atoms in total. The fourth-order valence-electron chi connectivity index (χ4n) is 1.65. The lowest BCUT2D eigenvalue weighted by Crippen LogP contribution is -2.47. The van der Waals surface area contributed by atoms with Crippen LogP contribution in [0.15, 0.2) is 25.3 Å². The molecule has 0 aliphatic carbocycles. The van der Waals surface area contributed by atoms with Crippen LogP contribution in [0.5, 0.6) is 0 Å². The maximum Gasteiger partial charge on any atom is 0.422 e. The lowest BCUT2D eigenvalue weighted by molar-refractivity contribution is -0.354. The summed E-state index contributed by atoms with van der Waals surface area (Å²) in [5, 5.41) is 0. The van der Waals surface area contributed by atoms with E-state index in [0.717, 1.165) is 0 Å². The minimum atomic E-state index is -4.96. The molecule has 0 rings (SSSR count). The van der Waals surface area contributed by atoms with Gasteiger partial charge in [-0.3, -0.25) is 0 Å². The summed E-state index contributed by atoms with van der Waals surface area (Å²) >= 11 is 0. The van der Waals surface area contributed by atoms with Gasteiger partial charge in [0.1, 0.15) is 0 Å². The summed E-state index contributed by atoms with van der Waals surface area (Å²) in [4.78, 5) is 21.4. The molecule has 0 atom stereocenters. The van der Waals surface area contributed by atoms with Crippen molar-refractivity contribution in [3.63, 3.8) is 0 Å². The molecule has 0 aromatic heterocycles. The molecule has 0 fully saturated rings. The molecular weight excluding hydrogens is 480 g/mol. The van der Waals surface area contributed by atoms with Crippen LogP contribution in [0.4, 0.5) is 35.1 Å². The van der Waals surface area contributed by atoms with Gasteiger partial charge in [0.2, 0.25) is 0 Å². The van der Waals surface area contributed by atoms with E-state index in [1.807, 2.05) is 0 Å². The summed E-state index contributed by atoms with van der Waals surface area (Å²) in [7, 11) is 0. The Kier molecular flexibility index (Phi) is 12.5. The van der Waals surface area contributed by atoms with Crippen LogP contribution in [0, 0.1) is 0 Å². The van der Waals surface area contributed by atoms with Gasteiger partial charge in [0.25, 0.3) is 0 Å². The molecule has 0 saturated carbocycles. The van der Waals surface area contributed by atoms with Gasteiger partial charge in [-0.15, -0.1) is 0 Å². The van der Waals surface area contributed by atoms with E-state index in [4.69, 9.17) is 4.74 Å². The molecule has 0 aliphatic rings. The number of hydrogen-bond acceptors (Lipinski definition) is 7. The molecular formula is C18H22F8O7. The van der Waals surface area contributed by atoms with Crippen LogP contribution < -0.4 is 0 Å². The molecule has 0 N–H and O–H groups in total. The molecule has 0 spiro atoms. The minimum Gasteiger partial charge on any atom is -0.456 e. The highest BCUT2D eigenvalue weighted by Gasteiger charge is 2.59. The molecule has 15 heteroatoms. The monoisotopic (exact) mass is 502 g/mol. The quantitative estimate of drug-likeness (QED) is 0.122. The lowest BCUT2D eigenvalue weighted by atomic mass is 10.3. The highest BCUT2D eigenvalue weighted by atomic mass is 19.3. The van der Waals surface area contributed by atoms with Crippen LogP contribution in [0.25, 0.3) is 0 Å². The van der Waals surface area contributed by atoms with E-state index >= 15 is 0 Å². The van der Waals surface area contributed by atoms with Crippen LogP contribution in [0.3, 0.4) is 0 Å². The van der Waals surface area contributed by atoms with Crippen LogP contribution >= 0.6 is 0 Å². The predicted molar refractivity (Wildman–Crippen MR) is 94.1 cm³/mol. The summed E-state index contributed by atoms with van der Waals surface area (Å²) in [5.74, 6) is -12.3. The Hall–Kier alpha value is -2.26. The second kappa shape index (κ2) is 13.4. The number of carbonyl (C=O) groups is 2. The largest absolute Gasteiger partial charge is 0.456 e. The zero-order valence-electron chi connectivity index (χ0n) is 17.1. The van der Waals surface area contributed by atoms with Gasteiger partial charge in [0.15, 0.2) is 13.2 Å². The highest BCUT2D eigenvalue weighted by molar-refractivity contribution is 5.81. The van der Waals surface area contributed by atoms with Crippen molar-refractivity contribution in [1.82, 2.24) is 0 Å². The SMILES string of the molecule is C=CC(=O)OCC(F)(F)C(F)(F)OCCCOCCCOC(F)(F)C(F)(F)COC(=O)C=C. The third kappa shape index (κ3) is 10.9. The first-order chi connectivity index (χ1) is 15.1. The Bertz CT molecular complexity index is 602. The molecule has 0 heterocycles. The molecule has 0 aliphatic heterocycles. The van der Waals surface area contributed by atoms with Gasteiger partial charge in [-0.05, 0) is 12.8 Å². The number of ether oxygens (including phenoxy) is 5. The molecule has 0 aromatic rings. The van der Waals surface area contributed by atoms with Gasteiger partial charge < -0.3 is 23.7 Å². The fraction of sp³-hybridized carbons (Fsp3) is 0.667. The first-order valence-corrected chi connectivity index (χ1v) is 9.07. The van der Waals surface area contributed by atoms with E-state index in [2.05, 4.69) is 32.1 Å². The number of carbonyl (C=O) groups excluding carboxylic acids is 2. The standard InChI is InChI=1S/C18H22F8O7/c1-3-13(27)30-11-15(19,20)17(23,24)32-9-5-7-29-8-6-10-33-18(25,26)16(21,22)12-31-14(28)4-2/h3-4H,1-2,5-12H2. The Morgan fingerprint density at radius 3 is 1.27 bits per heavy atom. The second-order valence-corrected chi connectivity index (χ2v) is 6.08. The van der Waals surface area contributed by atoms with Gasteiger partial charge in [-0.2, -0.15) is 35.1 Å². The third-order valence-electron chi connectivity index (χ3n) is 3.41. The van der Waals surface area contributed by atoms with E-state index in [1.54, 1.807) is 0 Å². The van der Waals surface area contributed by atoms with E-state index in [9.17, 15) is 44.7 Å². The molecule has 0 radical (unpaired) electrons. The topological polar surface area (TPSA) is 80.3 Å².